The van der Waals surface area contributed by atoms with Gasteiger partial charge in [-0.05, 0) is 30.4 Å². The first-order chi connectivity index (χ1) is 9.16. The van der Waals surface area contributed by atoms with Crippen molar-refractivity contribution < 1.29 is 19.4 Å². The zero-order valence-corrected chi connectivity index (χ0v) is 10.2. The van der Waals surface area contributed by atoms with Crippen molar-refractivity contribution in [2.45, 2.75) is 6.42 Å². The van der Waals surface area contributed by atoms with Crippen LogP contribution in [0.2, 0.25) is 0 Å². The second-order valence-electron chi connectivity index (χ2n) is 5.07. The summed E-state index contributed by atoms with van der Waals surface area (Å²) in [6, 6.07) is 8.76. The fourth-order valence-electron chi connectivity index (χ4n) is 3.15. The number of aliphatic carboxylic acids is 1. The number of rotatable bonds is 3. The molecule has 98 valence electrons. The molecule has 0 spiro atoms. The minimum atomic E-state index is -0.910. The number of hydrogen-bond donors (Lipinski definition) is 1. The van der Waals surface area contributed by atoms with E-state index in [1.165, 1.54) is 0 Å². The van der Waals surface area contributed by atoms with E-state index in [0.29, 0.717) is 5.75 Å². The van der Waals surface area contributed by atoms with E-state index >= 15 is 0 Å². The van der Waals surface area contributed by atoms with Crippen molar-refractivity contribution in [1.82, 2.24) is 0 Å². The van der Waals surface area contributed by atoms with Crippen LogP contribution in [0.3, 0.4) is 0 Å². The maximum atomic E-state index is 12.2. The fourth-order valence-corrected chi connectivity index (χ4v) is 3.15. The standard InChI is InChI=1S/C15H14O4/c16-14(17)12-9-6-7-10(8-9)13(12)15(18)19-11-4-2-1-3-5-11/h1-7,9-10,12-13H,8H2,(H,16,17)/t9-,10+,12-,13-/m0/s1. The predicted molar refractivity (Wildman–Crippen MR) is 67.4 cm³/mol. The number of hydrogen-bond acceptors (Lipinski definition) is 3. The third-order valence-corrected chi connectivity index (χ3v) is 3.98. The molecular formula is C15H14O4. The van der Waals surface area contributed by atoms with Crippen LogP contribution < -0.4 is 4.74 Å². The Labute approximate surface area is 110 Å². The van der Waals surface area contributed by atoms with Crippen LogP contribution in [0.1, 0.15) is 6.42 Å². The van der Waals surface area contributed by atoms with E-state index in [9.17, 15) is 14.7 Å². The molecule has 3 rings (SSSR count). The number of benzene rings is 1. The molecule has 4 atom stereocenters. The molecule has 1 fully saturated rings. The minimum Gasteiger partial charge on any atom is -0.481 e. The summed E-state index contributed by atoms with van der Waals surface area (Å²) >= 11 is 0. The number of allylic oxidation sites excluding steroid dienone is 2. The SMILES string of the molecule is O=C(Oc1ccccc1)[C@@H]1[C@@H](C(=O)O)[C@H]2C=C[C@@H]1C2. The molecule has 19 heavy (non-hydrogen) atoms. The van der Waals surface area contributed by atoms with E-state index in [1.54, 1.807) is 24.3 Å². The second kappa shape index (κ2) is 4.53. The highest BCUT2D eigenvalue weighted by atomic mass is 16.5. The van der Waals surface area contributed by atoms with Crippen LogP contribution in [0.4, 0.5) is 0 Å². The first-order valence-electron chi connectivity index (χ1n) is 6.34. The number of carboxylic acid groups (broad SMARTS) is 1. The Hall–Kier alpha value is -2.10. The summed E-state index contributed by atoms with van der Waals surface area (Å²) in [5.41, 5.74) is 0. The number of esters is 1. The van der Waals surface area contributed by atoms with Gasteiger partial charge in [-0.1, -0.05) is 30.4 Å². The van der Waals surface area contributed by atoms with Gasteiger partial charge >= 0.3 is 11.9 Å². The average Bonchev–Trinajstić information content (AvgIpc) is 2.99. The third-order valence-electron chi connectivity index (χ3n) is 3.98. The van der Waals surface area contributed by atoms with Gasteiger partial charge in [0.2, 0.25) is 0 Å². The van der Waals surface area contributed by atoms with Crippen LogP contribution in [0.15, 0.2) is 42.5 Å². The van der Waals surface area contributed by atoms with E-state index in [1.807, 2.05) is 18.2 Å². The Balaban J connectivity index is 1.79. The van der Waals surface area contributed by atoms with Crippen molar-refractivity contribution in [3.8, 4) is 5.75 Å². The van der Waals surface area contributed by atoms with Gasteiger partial charge < -0.3 is 9.84 Å². The molecule has 1 saturated carbocycles. The van der Waals surface area contributed by atoms with E-state index in [2.05, 4.69) is 0 Å². The van der Waals surface area contributed by atoms with Gasteiger partial charge in [-0.25, -0.2) is 0 Å². The van der Waals surface area contributed by atoms with Crippen LogP contribution in [-0.2, 0) is 9.59 Å². The molecule has 2 aliphatic carbocycles. The molecule has 0 aromatic heterocycles. The van der Waals surface area contributed by atoms with E-state index in [0.717, 1.165) is 6.42 Å². The van der Waals surface area contributed by atoms with Crippen molar-refractivity contribution in [3.05, 3.63) is 42.5 Å². The molecule has 0 saturated heterocycles. The molecule has 1 N–H and O–H groups in total. The van der Waals surface area contributed by atoms with Crippen LogP contribution in [0.5, 0.6) is 5.75 Å². The van der Waals surface area contributed by atoms with Crippen LogP contribution >= 0.6 is 0 Å². The normalized spacial score (nSPS) is 31.4. The molecule has 0 heterocycles. The molecule has 1 aromatic carbocycles. The minimum absolute atomic E-state index is 0.00214. The van der Waals surface area contributed by atoms with Gasteiger partial charge in [-0.2, -0.15) is 0 Å². The number of para-hydroxylation sites is 1. The van der Waals surface area contributed by atoms with Crippen molar-refractivity contribution in [2.75, 3.05) is 0 Å². The van der Waals surface area contributed by atoms with Gasteiger partial charge in [0.1, 0.15) is 5.75 Å². The second-order valence-corrected chi connectivity index (χ2v) is 5.07. The highest BCUT2D eigenvalue weighted by Crippen LogP contribution is 2.48. The number of carbonyl (C=O) groups is 2. The summed E-state index contributed by atoms with van der Waals surface area (Å²) < 4.78 is 5.30. The Morgan fingerprint density at radius 1 is 1.05 bits per heavy atom. The van der Waals surface area contributed by atoms with Crippen LogP contribution in [-0.4, -0.2) is 17.0 Å². The predicted octanol–water partition coefficient (Wildman–Crippen LogP) is 2.11. The number of carbonyl (C=O) groups excluding carboxylic acids is 1. The maximum absolute atomic E-state index is 12.2. The topological polar surface area (TPSA) is 63.6 Å². The van der Waals surface area contributed by atoms with Gasteiger partial charge in [0.15, 0.2) is 0 Å². The van der Waals surface area contributed by atoms with Crippen molar-refractivity contribution >= 4 is 11.9 Å². The lowest BCUT2D eigenvalue weighted by Gasteiger charge is -2.22. The van der Waals surface area contributed by atoms with Gasteiger partial charge in [0.25, 0.3) is 0 Å². The quantitative estimate of drug-likeness (QED) is 0.512. The van der Waals surface area contributed by atoms with Crippen LogP contribution in [0, 0.1) is 23.7 Å². The van der Waals surface area contributed by atoms with Crippen molar-refractivity contribution in [1.29, 1.82) is 0 Å². The molecule has 1 aromatic rings. The summed E-state index contributed by atoms with van der Waals surface area (Å²) in [5, 5.41) is 9.28. The fraction of sp³-hybridized carbons (Fsp3) is 0.333. The molecule has 0 radical (unpaired) electrons. The lowest BCUT2D eigenvalue weighted by atomic mass is 9.83. The summed E-state index contributed by atoms with van der Waals surface area (Å²) in [7, 11) is 0. The molecule has 4 nitrogen and oxygen atoms in total. The van der Waals surface area contributed by atoms with Crippen molar-refractivity contribution in [3.63, 3.8) is 0 Å². The van der Waals surface area contributed by atoms with Gasteiger partial charge in [0.05, 0.1) is 11.8 Å². The lowest BCUT2D eigenvalue weighted by molar-refractivity contribution is -0.152. The van der Waals surface area contributed by atoms with Crippen molar-refractivity contribution in [2.24, 2.45) is 23.7 Å². The van der Waals surface area contributed by atoms with E-state index in [4.69, 9.17) is 4.74 Å². The highest BCUT2D eigenvalue weighted by molar-refractivity contribution is 5.84. The van der Waals surface area contributed by atoms with E-state index in [-0.39, 0.29) is 11.8 Å². The monoisotopic (exact) mass is 258 g/mol. The van der Waals surface area contributed by atoms with Gasteiger partial charge in [0, 0.05) is 0 Å². The molecule has 4 heteroatoms. The molecule has 0 aliphatic heterocycles. The Morgan fingerprint density at radius 2 is 1.68 bits per heavy atom. The summed E-state index contributed by atoms with van der Waals surface area (Å²) in [6.45, 7) is 0. The summed E-state index contributed by atoms with van der Waals surface area (Å²) in [4.78, 5) is 23.5. The Bertz CT molecular complexity index is 534. The highest BCUT2D eigenvalue weighted by Gasteiger charge is 2.52. The number of ether oxygens (including phenoxy) is 1. The number of fused-ring (bicyclic) bond motifs is 2. The molecule has 0 unspecified atom stereocenters. The largest absolute Gasteiger partial charge is 0.481 e. The molecule has 2 bridgehead atoms. The zero-order valence-electron chi connectivity index (χ0n) is 10.2. The average molecular weight is 258 g/mol. The zero-order chi connectivity index (χ0) is 13.4. The molecular weight excluding hydrogens is 244 g/mol. The molecule has 0 amide bonds. The first kappa shape index (κ1) is 12.0. The first-order valence-corrected chi connectivity index (χ1v) is 6.34. The van der Waals surface area contributed by atoms with E-state index < -0.39 is 23.8 Å². The molecule has 2 aliphatic rings. The van der Waals surface area contributed by atoms with Gasteiger partial charge in [-0.15, -0.1) is 0 Å². The Kier molecular flexibility index (Phi) is 2.85. The van der Waals surface area contributed by atoms with Gasteiger partial charge in [-0.3, -0.25) is 9.59 Å². The summed E-state index contributed by atoms with van der Waals surface area (Å²) in [5.74, 6) is -2.12. The smallest absolute Gasteiger partial charge is 0.315 e. The summed E-state index contributed by atoms with van der Waals surface area (Å²) in [6.07, 6.45) is 4.60. The maximum Gasteiger partial charge on any atom is 0.315 e. The number of carboxylic acids is 1. The Morgan fingerprint density at radius 3 is 2.32 bits per heavy atom. The lowest BCUT2D eigenvalue weighted by Crippen LogP contribution is -2.35. The van der Waals surface area contributed by atoms with Crippen LogP contribution in [0.25, 0.3) is 0 Å². The third kappa shape index (κ3) is 2.03.